The highest BCUT2D eigenvalue weighted by Gasteiger charge is 2.23. The summed E-state index contributed by atoms with van der Waals surface area (Å²) in [6.07, 6.45) is 2.08. The van der Waals surface area contributed by atoms with Crippen LogP contribution in [0.2, 0.25) is 0 Å². The van der Waals surface area contributed by atoms with Crippen molar-refractivity contribution in [2.75, 3.05) is 6.54 Å². The van der Waals surface area contributed by atoms with Gasteiger partial charge in [0, 0.05) is 60.7 Å². The summed E-state index contributed by atoms with van der Waals surface area (Å²) < 4.78 is 42.8. The molecule has 0 amide bonds. The van der Waals surface area contributed by atoms with Crippen molar-refractivity contribution in [2.45, 2.75) is 19.5 Å². The van der Waals surface area contributed by atoms with E-state index in [4.69, 9.17) is 0 Å². The lowest BCUT2D eigenvalue weighted by Gasteiger charge is -2.28. The predicted octanol–water partition coefficient (Wildman–Crippen LogP) is 3.67. The van der Waals surface area contributed by atoms with Gasteiger partial charge in [-0.15, -0.1) is 0 Å². The van der Waals surface area contributed by atoms with Crippen molar-refractivity contribution in [1.29, 1.82) is 0 Å². The van der Waals surface area contributed by atoms with Gasteiger partial charge in [-0.2, -0.15) is 0 Å². The number of imidazole rings is 1. The molecule has 2 aromatic carbocycles. The van der Waals surface area contributed by atoms with Gasteiger partial charge in [0.25, 0.3) is 0 Å². The van der Waals surface area contributed by atoms with E-state index >= 15 is 0 Å². The van der Waals surface area contributed by atoms with Gasteiger partial charge in [0.1, 0.15) is 23.1 Å². The monoisotopic (exact) mass is 410 g/mol. The van der Waals surface area contributed by atoms with Gasteiger partial charge in [-0.05, 0) is 18.2 Å². The maximum Gasteiger partial charge on any atom is 0.331 e. The fraction of sp³-hybridized carbons (Fsp3) is 0.182. The van der Waals surface area contributed by atoms with E-state index in [1.165, 1.54) is 28.8 Å². The van der Waals surface area contributed by atoms with Crippen LogP contribution in [0.5, 0.6) is 0 Å². The number of nitrogens with zero attached hydrogens (tertiary/aromatic N) is 3. The molecule has 0 unspecified atom stereocenters. The molecule has 5 rings (SSSR count). The molecule has 4 aromatic rings. The van der Waals surface area contributed by atoms with Crippen molar-refractivity contribution in [3.05, 3.63) is 93.4 Å². The zero-order chi connectivity index (χ0) is 20.8. The molecule has 0 atom stereocenters. The highest BCUT2D eigenvalue weighted by Crippen LogP contribution is 2.26. The van der Waals surface area contributed by atoms with E-state index in [0.717, 1.165) is 17.3 Å². The van der Waals surface area contributed by atoms with Crippen LogP contribution < -0.4 is 5.69 Å². The number of hydrogen-bond donors (Lipinski definition) is 1. The summed E-state index contributed by atoms with van der Waals surface area (Å²) in [7, 11) is 0. The van der Waals surface area contributed by atoms with E-state index in [2.05, 4.69) is 9.97 Å². The van der Waals surface area contributed by atoms with Crippen LogP contribution in [-0.4, -0.2) is 25.8 Å². The molecule has 30 heavy (non-hydrogen) atoms. The minimum Gasteiger partial charge on any atom is -0.310 e. The number of rotatable bonds is 3. The van der Waals surface area contributed by atoms with E-state index in [-0.39, 0.29) is 5.69 Å². The first kappa shape index (κ1) is 18.6. The number of H-pyrrole nitrogens is 1. The molecular weight excluding hydrogens is 393 g/mol. The molecule has 1 aliphatic rings. The Labute approximate surface area is 169 Å². The number of halogens is 3. The minimum absolute atomic E-state index is 0.303. The summed E-state index contributed by atoms with van der Waals surface area (Å²) in [4.78, 5) is 21.9. The Balaban J connectivity index is 1.53. The third kappa shape index (κ3) is 3.19. The van der Waals surface area contributed by atoms with Gasteiger partial charge in [0.2, 0.25) is 0 Å². The first-order valence-electron chi connectivity index (χ1n) is 9.54. The zero-order valence-corrected chi connectivity index (χ0v) is 15.8. The summed E-state index contributed by atoms with van der Waals surface area (Å²) in [5.74, 6) is -1.62. The molecule has 2 aromatic heterocycles. The van der Waals surface area contributed by atoms with E-state index in [0.29, 0.717) is 48.5 Å². The molecule has 5 nitrogen and oxygen atoms in total. The quantitative estimate of drug-likeness (QED) is 0.561. The van der Waals surface area contributed by atoms with Crippen LogP contribution in [0.1, 0.15) is 16.8 Å². The van der Waals surface area contributed by atoms with Crippen LogP contribution in [0.4, 0.5) is 13.2 Å². The van der Waals surface area contributed by atoms with Crippen molar-refractivity contribution in [3.63, 3.8) is 0 Å². The van der Waals surface area contributed by atoms with Crippen LogP contribution in [0.25, 0.3) is 16.9 Å². The van der Waals surface area contributed by atoms with Gasteiger partial charge in [-0.25, -0.2) is 22.9 Å². The van der Waals surface area contributed by atoms with Crippen molar-refractivity contribution < 1.29 is 13.2 Å². The van der Waals surface area contributed by atoms with Gasteiger partial charge in [0.15, 0.2) is 0 Å². The Bertz CT molecular complexity index is 1330. The molecule has 0 spiro atoms. The average molecular weight is 410 g/mol. The Hall–Kier alpha value is -3.39. The van der Waals surface area contributed by atoms with Crippen LogP contribution in [0.15, 0.2) is 53.5 Å². The molecule has 1 N–H and O–H groups in total. The molecule has 1 aliphatic heterocycles. The summed E-state index contributed by atoms with van der Waals surface area (Å²) in [5.41, 5.74) is 2.79. The number of fused-ring (bicyclic) bond motifs is 3. The Kier molecular flexibility index (Phi) is 4.43. The highest BCUT2D eigenvalue weighted by molar-refractivity contribution is 5.65. The lowest BCUT2D eigenvalue weighted by Crippen LogP contribution is -2.34. The lowest BCUT2D eigenvalue weighted by molar-refractivity contribution is 0.240. The molecule has 0 saturated carbocycles. The molecule has 0 radical (unpaired) electrons. The summed E-state index contributed by atoms with van der Waals surface area (Å²) in [6.45, 7) is 1.34. The number of benzene rings is 2. The minimum atomic E-state index is -0.613. The van der Waals surface area contributed by atoms with Gasteiger partial charge >= 0.3 is 5.69 Å². The van der Waals surface area contributed by atoms with Crippen molar-refractivity contribution in [1.82, 2.24) is 19.3 Å². The maximum atomic E-state index is 14.2. The first-order valence-corrected chi connectivity index (χ1v) is 9.54. The Morgan fingerprint density at radius 2 is 1.90 bits per heavy atom. The van der Waals surface area contributed by atoms with E-state index in [1.54, 1.807) is 18.2 Å². The summed E-state index contributed by atoms with van der Waals surface area (Å²) in [6, 6.07) is 9.81. The Morgan fingerprint density at radius 1 is 1.07 bits per heavy atom. The molecule has 0 saturated heterocycles. The van der Waals surface area contributed by atoms with Crippen molar-refractivity contribution in [3.8, 4) is 11.3 Å². The van der Waals surface area contributed by atoms with Crippen molar-refractivity contribution >= 4 is 5.65 Å². The third-order valence-corrected chi connectivity index (χ3v) is 5.44. The second-order valence-corrected chi connectivity index (χ2v) is 7.38. The lowest BCUT2D eigenvalue weighted by atomic mass is 10.1. The fourth-order valence-electron chi connectivity index (χ4n) is 3.92. The van der Waals surface area contributed by atoms with Gasteiger partial charge in [-0.1, -0.05) is 18.2 Å². The summed E-state index contributed by atoms with van der Waals surface area (Å²) in [5, 5.41) is 0. The van der Waals surface area contributed by atoms with Gasteiger partial charge in [0.05, 0.1) is 5.69 Å². The first-order chi connectivity index (χ1) is 14.5. The third-order valence-electron chi connectivity index (χ3n) is 5.44. The number of hydrogen-bond acceptors (Lipinski definition) is 3. The molecule has 0 fully saturated rings. The van der Waals surface area contributed by atoms with Gasteiger partial charge in [-0.3, -0.25) is 9.30 Å². The SMILES string of the molecule is O=c1[nH]c2c(c3nc(-c4ccccc4F)cn13)CN(Cc1ccc(F)cc1F)CC2. The zero-order valence-electron chi connectivity index (χ0n) is 15.8. The number of nitrogens with one attached hydrogen (secondary N) is 1. The molecular formula is C22H17F3N4O. The largest absolute Gasteiger partial charge is 0.331 e. The summed E-state index contributed by atoms with van der Waals surface area (Å²) >= 11 is 0. The van der Waals surface area contributed by atoms with Crippen LogP contribution in [-0.2, 0) is 19.5 Å². The molecule has 3 heterocycles. The second-order valence-electron chi connectivity index (χ2n) is 7.38. The van der Waals surface area contributed by atoms with E-state index in [9.17, 15) is 18.0 Å². The topological polar surface area (TPSA) is 53.4 Å². The van der Waals surface area contributed by atoms with Crippen LogP contribution in [0.3, 0.4) is 0 Å². The number of aromatic amines is 1. The second kappa shape index (κ2) is 7.14. The predicted molar refractivity (Wildman–Crippen MR) is 105 cm³/mol. The van der Waals surface area contributed by atoms with Crippen LogP contribution >= 0.6 is 0 Å². The normalized spacial score (nSPS) is 14.2. The van der Waals surface area contributed by atoms with Crippen molar-refractivity contribution in [2.24, 2.45) is 0 Å². The van der Waals surface area contributed by atoms with Crippen LogP contribution in [0, 0.1) is 17.5 Å². The smallest absolute Gasteiger partial charge is 0.310 e. The Morgan fingerprint density at radius 3 is 2.70 bits per heavy atom. The molecule has 8 heteroatoms. The van der Waals surface area contributed by atoms with E-state index < -0.39 is 17.5 Å². The maximum absolute atomic E-state index is 14.2. The van der Waals surface area contributed by atoms with Gasteiger partial charge < -0.3 is 4.98 Å². The standard InChI is InChI=1S/C22H17F3N4O/c23-14-6-5-13(18(25)9-14)10-28-8-7-19-16(11-28)21-26-20(12-29(21)22(30)27-19)15-3-1-2-4-17(15)24/h1-6,9,12H,7-8,10-11H2,(H,27,30). The molecule has 0 aliphatic carbocycles. The van der Waals surface area contributed by atoms with E-state index in [1.807, 2.05) is 4.90 Å². The molecule has 0 bridgehead atoms. The average Bonchev–Trinajstić information content (AvgIpc) is 3.17. The highest BCUT2D eigenvalue weighted by atomic mass is 19.1. The fourth-order valence-corrected chi connectivity index (χ4v) is 3.92. The molecule has 152 valence electrons. The number of aromatic nitrogens is 3.